The molecule has 7 heteroatoms. The minimum atomic E-state index is -0.601. The summed E-state index contributed by atoms with van der Waals surface area (Å²) in [4.78, 5) is 35.5. The fourth-order valence-electron chi connectivity index (χ4n) is 3.67. The van der Waals surface area contributed by atoms with Crippen LogP contribution in [0.2, 0.25) is 0 Å². The minimum Gasteiger partial charge on any atom is -0.466 e. The maximum atomic E-state index is 13.4. The molecule has 6 nitrogen and oxygen atoms in total. The van der Waals surface area contributed by atoms with Gasteiger partial charge in [-0.2, -0.15) is 0 Å². The van der Waals surface area contributed by atoms with Gasteiger partial charge in [-0.05, 0) is 42.2 Å². The van der Waals surface area contributed by atoms with Gasteiger partial charge in [0.25, 0.3) is 5.56 Å². The lowest BCUT2D eigenvalue weighted by Gasteiger charge is -2.24. The van der Waals surface area contributed by atoms with E-state index >= 15 is 0 Å². The molecule has 0 spiro atoms. The highest BCUT2D eigenvalue weighted by atomic mass is 32.1. The number of thiazole rings is 1. The second-order valence-electron chi connectivity index (χ2n) is 7.65. The Morgan fingerprint density at radius 1 is 1.19 bits per heavy atom. The summed E-state index contributed by atoms with van der Waals surface area (Å²) in [6.07, 6.45) is 3.43. The molecule has 0 bridgehead atoms. The molecule has 3 aromatic rings. The summed E-state index contributed by atoms with van der Waals surface area (Å²) in [5.74, 6) is -0.107. The fraction of sp³-hybridized carbons (Fsp3) is 0.250. The average Bonchev–Trinajstić information content (AvgIpc) is 3.07. The van der Waals surface area contributed by atoms with Crippen LogP contribution in [-0.2, 0) is 9.53 Å². The first-order valence-corrected chi connectivity index (χ1v) is 10.8. The van der Waals surface area contributed by atoms with Gasteiger partial charge < -0.3 is 4.74 Å². The zero-order valence-electron chi connectivity index (χ0n) is 17.8. The van der Waals surface area contributed by atoms with Crippen LogP contribution < -0.4 is 14.9 Å². The van der Waals surface area contributed by atoms with E-state index in [0.717, 1.165) is 5.56 Å². The lowest BCUT2D eigenvalue weighted by Crippen LogP contribution is -2.39. The molecule has 0 saturated carbocycles. The van der Waals surface area contributed by atoms with Gasteiger partial charge in [0, 0.05) is 6.20 Å². The number of hydrogen-bond acceptors (Lipinski definition) is 6. The molecule has 1 aromatic carbocycles. The van der Waals surface area contributed by atoms with Crippen LogP contribution in [0.5, 0.6) is 0 Å². The van der Waals surface area contributed by atoms with Crippen molar-refractivity contribution in [3.8, 4) is 0 Å². The Morgan fingerprint density at radius 3 is 2.55 bits per heavy atom. The second kappa shape index (κ2) is 8.43. The molecule has 0 aliphatic carbocycles. The molecule has 0 radical (unpaired) electrons. The zero-order valence-corrected chi connectivity index (χ0v) is 18.6. The van der Waals surface area contributed by atoms with Crippen LogP contribution in [0.3, 0.4) is 0 Å². The van der Waals surface area contributed by atoms with E-state index in [4.69, 9.17) is 4.74 Å². The smallest absolute Gasteiger partial charge is 0.338 e. The van der Waals surface area contributed by atoms with E-state index in [-0.39, 0.29) is 5.56 Å². The summed E-state index contributed by atoms with van der Waals surface area (Å²) in [7, 11) is 1.34. The average molecular weight is 434 g/mol. The van der Waals surface area contributed by atoms with Crippen LogP contribution >= 0.6 is 11.3 Å². The van der Waals surface area contributed by atoms with Gasteiger partial charge in [0.1, 0.15) is 0 Å². The Morgan fingerprint density at radius 2 is 1.94 bits per heavy atom. The number of fused-ring (bicyclic) bond motifs is 1. The van der Waals surface area contributed by atoms with Crippen LogP contribution in [0.4, 0.5) is 0 Å². The molecular weight excluding hydrogens is 410 g/mol. The molecule has 3 heterocycles. The highest BCUT2D eigenvalue weighted by Crippen LogP contribution is 2.31. The Bertz CT molecular complexity index is 1330. The molecule has 31 heavy (non-hydrogen) atoms. The number of aromatic nitrogens is 2. The predicted octanol–water partition coefficient (Wildman–Crippen LogP) is 2.93. The number of esters is 1. The lowest BCUT2D eigenvalue weighted by atomic mass is 9.93. The van der Waals surface area contributed by atoms with Crippen molar-refractivity contribution in [1.29, 1.82) is 0 Å². The highest BCUT2D eigenvalue weighted by Gasteiger charge is 2.33. The first-order valence-electron chi connectivity index (χ1n) is 10.0. The van der Waals surface area contributed by atoms with E-state index in [1.807, 2.05) is 42.5 Å². The van der Waals surface area contributed by atoms with Crippen molar-refractivity contribution >= 4 is 23.4 Å². The Kier molecular flexibility index (Phi) is 5.69. The molecule has 0 fully saturated rings. The third-order valence-corrected chi connectivity index (χ3v) is 6.30. The molecule has 0 N–H and O–H groups in total. The van der Waals surface area contributed by atoms with Gasteiger partial charge in [-0.15, -0.1) is 0 Å². The number of nitrogens with zero attached hydrogens (tertiary/aromatic N) is 3. The van der Waals surface area contributed by atoms with Gasteiger partial charge in [0.05, 0.1) is 34.6 Å². The minimum absolute atomic E-state index is 0.207. The summed E-state index contributed by atoms with van der Waals surface area (Å²) in [5, 5.41) is 0. The lowest BCUT2D eigenvalue weighted by molar-refractivity contribution is -0.136. The van der Waals surface area contributed by atoms with Crippen LogP contribution in [0, 0.1) is 0 Å². The number of ether oxygens (including phenoxy) is 1. The largest absolute Gasteiger partial charge is 0.466 e. The SMILES string of the molecule is COC(=O)C1=C(C)N=c2s/c(=C\c3ccccn3)c(=O)n2[C@H]1c1ccc(C(C)C)cc1. The van der Waals surface area contributed by atoms with Gasteiger partial charge in [-0.3, -0.25) is 14.3 Å². The summed E-state index contributed by atoms with van der Waals surface area (Å²) in [5.41, 5.74) is 3.43. The monoisotopic (exact) mass is 433 g/mol. The molecule has 0 amide bonds. The van der Waals surface area contributed by atoms with E-state index < -0.39 is 12.0 Å². The van der Waals surface area contributed by atoms with E-state index in [0.29, 0.717) is 32.2 Å². The first-order chi connectivity index (χ1) is 14.9. The van der Waals surface area contributed by atoms with E-state index in [1.165, 1.54) is 24.0 Å². The Hall–Kier alpha value is -3.32. The second-order valence-corrected chi connectivity index (χ2v) is 8.66. The van der Waals surface area contributed by atoms with Crippen molar-refractivity contribution in [3.63, 3.8) is 0 Å². The maximum Gasteiger partial charge on any atom is 0.338 e. The van der Waals surface area contributed by atoms with Crippen molar-refractivity contribution in [2.24, 2.45) is 4.99 Å². The van der Waals surface area contributed by atoms with Gasteiger partial charge in [0.15, 0.2) is 4.80 Å². The number of carbonyl (C=O) groups excluding carboxylic acids is 1. The molecule has 0 unspecified atom stereocenters. The summed E-state index contributed by atoms with van der Waals surface area (Å²) in [6.45, 7) is 6.02. The van der Waals surface area contributed by atoms with Crippen LogP contribution in [0.25, 0.3) is 6.08 Å². The summed E-state index contributed by atoms with van der Waals surface area (Å²) < 4.78 is 7.14. The summed E-state index contributed by atoms with van der Waals surface area (Å²) in [6, 6.07) is 12.9. The van der Waals surface area contributed by atoms with Crippen LogP contribution in [-0.4, -0.2) is 22.6 Å². The molecule has 158 valence electrons. The Labute approximate surface area is 183 Å². The normalized spacial score (nSPS) is 16.3. The molecule has 0 saturated heterocycles. The highest BCUT2D eigenvalue weighted by molar-refractivity contribution is 7.07. The quantitative estimate of drug-likeness (QED) is 0.593. The van der Waals surface area contributed by atoms with Gasteiger partial charge in [0.2, 0.25) is 0 Å². The van der Waals surface area contributed by atoms with Crippen LogP contribution in [0.15, 0.2) is 69.7 Å². The number of pyridine rings is 1. The number of rotatable bonds is 4. The van der Waals surface area contributed by atoms with Crippen molar-refractivity contribution in [2.45, 2.75) is 32.7 Å². The zero-order chi connectivity index (χ0) is 22.1. The topological polar surface area (TPSA) is 73.6 Å². The molecular formula is C24H23N3O3S. The third kappa shape index (κ3) is 3.88. The third-order valence-electron chi connectivity index (χ3n) is 5.31. The van der Waals surface area contributed by atoms with Gasteiger partial charge >= 0.3 is 5.97 Å². The van der Waals surface area contributed by atoms with Crippen molar-refractivity contribution in [3.05, 3.63) is 96.4 Å². The molecule has 4 rings (SSSR count). The number of methoxy groups -OCH3 is 1. The maximum absolute atomic E-state index is 13.4. The van der Waals surface area contributed by atoms with E-state index in [9.17, 15) is 9.59 Å². The Balaban J connectivity index is 1.95. The van der Waals surface area contributed by atoms with Crippen molar-refractivity contribution < 1.29 is 9.53 Å². The van der Waals surface area contributed by atoms with Crippen LogP contribution in [0.1, 0.15) is 49.6 Å². The fourth-order valence-corrected chi connectivity index (χ4v) is 4.70. The predicted molar refractivity (Wildman–Crippen MR) is 121 cm³/mol. The number of hydrogen-bond donors (Lipinski definition) is 0. The van der Waals surface area contributed by atoms with Gasteiger partial charge in [-0.1, -0.05) is 55.5 Å². The molecule has 2 aromatic heterocycles. The summed E-state index contributed by atoms with van der Waals surface area (Å²) >= 11 is 1.29. The van der Waals surface area contributed by atoms with Crippen molar-refractivity contribution in [2.75, 3.05) is 7.11 Å². The van der Waals surface area contributed by atoms with Gasteiger partial charge in [-0.25, -0.2) is 9.79 Å². The first kappa shape index (κ1) is 20.9. The van der Waals surface area contributed by atoms with Crippen molar-refractivity contribution in [1.82, 2.24) is 9.55 Å². The molecule has 1 aliphatic heterocycles. The molecule has 1 aliphatic rings. The van der Waals surface area contributed by atoms with E-state index in [1.54, 1.807) is 23.8 Å². The number of benzene rings is 1. The standard InChI is InChI=1S/C24H23N3O3S/c1-14(2)16-8-10-17(11-9-16)21-20(23(29)30-4)15(3)26-24-27(21)22(28)19(31-24)13-18-7-5-6-12-25-18/h5-14,21H,1-4H3/b19-13-/t21-/m0/s1. The van der Waals surface area contributed by atoms with E-state index in [2.05, 4.69) is 23.8 Å². The number of carbonyl (C=O) groups is 1. The molecule has 1 atom stereocenters. The number of allylic oxidation sites excluding steroid dienone is 1.